The Morgan fingerprint density at radius 3 is 2.90 bits per heavy atom. The zero-order valence-electron chi connectivity index (χ0n) is 11.2. The van der Waals surface area contributed by atoms with Crippen molar-refractivity contribution in [3.63, 3.8) is 0 Å². The minimum absolute atomic E-state index is 0.143. The Morgan fingerprint density at radius 1 is 1.43 bits per heavy atom. The minimum atomic E-state index is -1.03. The first-order valence-electron chi connectivity index (χ1n) is 6.45. The van der Waals surface area contributed by atoms with Gasteiger partial charge in [0.05, 0.1) is 28.0 Å². The van der Waals surface area contributed by atoms with Crippen LogP contribution < -0.4 is 0 Å². The van der Waals surface area contributed by atoms with Gasteiger partial charge in [-0.15, -0.1) is 0 Å². The van der Waals surface area contributed by atoms with E-state index in [1.807, 2.05) is 13.1 Å². The number of carbonyl (C=O) groups is 1. The van der Waals surface area contributed by atoms with E-state index in [2.05, 4.69) is 10.1 Å². The van der Waals surface area contributed by atoms with Crippen LogP contribution in [0.1, 0.15) is 17.3 Å². The summed E-state index contributed by atoms with van der Waals surface area (Å²) in [5, 5.41) is 14.4. The summed E-state index contributed by atoms with van der Waals surface area (Å²) in [6.07, 6.45) is 3.51. The number of aryl methyl sites for hydroxylation is 1. The van der Waals surface area contributed by atoms with E-state index in [9.17, 15) is 9.90 Å². The number of carboxylic acid groups (broad SMARTS) is 1. The molecule has 0 atom stereocenters. The highest BCUT2D eigenvalue weighted by molar-refractivity contribution is 6.36. The van der Waals surface area contributed by atoms with Gasteiger partial charge in [0.25, 0.3) is 0 Å². The number of hydrogen-bond donors (Lipinski definition) is 1. The van der Waals surface area contributed by atoms with Gasteiger partial charge >= 0.3 is 5.97 Å². The molecule has 0 bridgehead atoms. The summed E-state index contributed by atoms with van der Waals surface area (Å²) in [5.41, 5.74) is 2.05. The summed E-state index contributed by atoms with van der Waals surface area (Å²) in [5.74, 6) is -1.03. The lowest BCUT2D eigenvalue weighted by Gasteiger charge is -2.07. The lowest BCUT2D eigenvalue weighted by Crippen LogP contribution is -2.00. The van der Waals surface area contributed by atoms with Crippen LogP contribution in [-0.4, -0.2) is 25.8 Å². The van der Waals surface area contributed by atoms with Gasteiger partial charge in [-0.1, -0.05) is 17.7 Å². The fourth-order valence-corrected chi connectivity index (χ4v) is 2.50. The number of hydrogen-bond acceptors (Lipinski definition) is 3. The van der Waals surface area contributed by atoms with E-state index in [0.717, 1.165) is 12.1 Å². The van der Waals surface area contributed by atoms with Crippen LogP contribution in [0.4, 0.5) is 0 Å². The van der Waals surface area contributed by atoms with Crippen molar-refractivity contribution in [2.75, 3.05) is 0 Å². The van der Waals surface area contributed by atoms with Crippen LogP contribution in [0.25, 0.3) is 22.2 Å². The highest BCUT2D eigenvalue weighted by Gasteiger charge is 2.15. The first kappa shape index (κ1) is 13.6. The molecule has 106 valence electrons. The molecule has 0 amide bonds. The van der Waals surface area contributed by atoms with Crippen molar-refractivity contribution in [2.45, 2.75) is 13.5 Å². The average molecular weight is 302 g/mol. The topological polar surface area (TPSA) is 68.0 Å². The summed E-state index contributed by atoms with van der Waals surface area (Å²) in [4.78, 5) is 16.0. The first-order chi connectivity index (χ1) is 10.1. The van der Waals surface area contributed by atoms with Crippen molar-refractivity contribution in [2.24, 2.45) is 0 Å². The van der Waals surface area contributed by atoms with Crippen molar-refractivity contribution in [1.29, 1.82) is 0 Å². The van der Waals surface area contributed by atoms with Gasteiger partial charge in [-0.05, 0) is 25.1 Å². The summed E-state index contributed by atoms with van der Waals surface area (Å²) in [7, 11) is 0. The van der Waals surface area contributed by atoms with E-state index in [1.165, 1.54) is 6.07 Å². The highest BCUT2D eigenvalue weighted by atomic mass is 35.5. The Bertz CT molecular complexity index is 842. The third kappa shape index (κ3) is 2.36. The first-order valence-corrected chi connectivity index (χ1v) is 6.83. The Labute approximate surface area is 125 Å². The van der Waals surface area contributed by atoms with Crippen LogP contribution in [0, 0.1) is 0 Å². The minimum Gasteiger partial charge on any atom is -0.478 e. The fraction of sp³-hybridized carbons (Fsp3) is 0.133. The second-order valence-corrected chi connectivity index (χ2v) is 4.99. The van der Waals surface area contributed by atoms with Gasteiger partial charge in [0, 0.05) is 23.7 Å². The van der Waals surface area contributed by atoms with Crippen molar-refractivity contribution >= 4 is 28.5 Å². The van der Waals surface area contributed by atoms with Crippen molar-refractivity contribution in [3.8, 4) is 11.3 Å². The molecule has 6 heteroatoms. The quantitative estimate of drug-likeness (QED) is 0.804. The number of fused-ring (bicyclic) bond motifs is 1. The molecule has 0 spiro atoms. The number of halogens is 1. The third-order valence-electron chi connectivity index (χ3n) is 3.27. The van der Waals surface area contributed by atoms with Crippen LogP contribution in [-0.2, 0) is 6.54 Å². The molecule has 3 rings (SSSR count). The van der Waals surface area contributed by atoms with Crippen molar-refractivity contribution in [3.05, 3.63) is 47.2 Å². The normalized spacial score (nSPS) is 11.0. The molecule has 0 aliphatic carbocycles. The maximum atomic E-state index is 11.5. The predicted octanol–water partition coefficient (Wildman–Crippen LogP) is 3.47. The average Bonchev–Trinajstić information content (AvgIpc) is 2.95. The van der Waals surface area contributed by atoms with E-state index < -0.39 is 5.97 Å². The molecule has 2 heterocycles. The summed E-state index contributed by atoms with van der Waals surface area (Å²) >= 11 is 6.11. The van der Waals surface area contributed by atoms with Crippen LogP contribution in [0.5, 0.6) is 0 Å². The van der Waals surface area contributed by atoms with Gasteiger partial charge in [-0.3, -0.25) is 4.68 Å². The Balaban J connectivity index is 2.28. The molecule has 21 heavy (non-hydrogen) atoms. The number of benzene rings is 1. The second-order valence-electron chi connectivity index (χ2n) is 4.58. The van der Waals surface area contributed by atoms with Crippen molar-refractivity contribution in [1.82, 2.24) is 14.8 Å². The third-order valence-corrected chi connectivity index (χ3v) is 3.58. The van der Waals surface area contributed by atoms with E-state index in [-0.39, 0.29) is 5.56 Å². The van der Waals surface area contributed by atoms with Crippen molar-refractivity contribution < 1.29 is 9.90 Å². The fourth-order valence-electron chi connectivity index (χ4n) is 2.23. The van der Waals surface area contributed by atoms with E-state index in [1.54, 1.807) is 29.1 Å². The Morgan fingerprint density at radius 2 is 2.24 bits per heavy atom. The molecule has 0 unspecified atom stereocenters. The van der Waals surface area contributed by atoms with Crippen LogP contribution in [0.3, 0.4) is 0 Å². The van der Waals surface area contributed by atoms with Gasteiger partial charge in [0.2, 0.25) is 0 Å². The van der Waals surface area contributed by atoms with Crippen LogP contribution in [0.15, 0.2) is 36.7 Å². The second kappa shape index (κ2) is 5.18. The van der Waals surface area contributed by atoms with Gasteiger partial charge in [-0.25, -0.2) is 9.78 Å². The number of aromatic carboxylic acids is 1. The predicted molar refractivity (Wildman–Crippen MR) is 80.6 cm³/mol. The molecular formula is C15H12ClN3O2. The molecule has 0 saturated heterocycles. The largest absolute Gasteiger partial charge is 0.478 e. The summed E-state index contributed by atoms with van der Waals surface area (Å²) in [6, 6.07) is 6.70. The Kier molecular flexibility index (Phi) is 3.35. The van der Waals surface area contributed by atoms with Gasteiger partial charge in [-0.2, -0.15) is 5.10 Å². The van der Waals surface area contributed by atoms with Gasteiger partial charge < -0.3 is 5.11 Å². The maximum absolute atomic E-state index is 11.5. The van der Waals surface area contributed by atoms with Crippen LogP contribution in [0.2, 0.25) is 5.02 Å². The molecule has 1 aromatic carbocycles. The van der Waals surface area contributed by atoms with Crippen LogP contribution >= 0.6 is 11.6 Å². The molecule has 1 N–H and O–H groups in total. The van der Waals surface area contributed by atoms with Gasteiger partial charge in [0.1, 0.15) is 0 Å². The number of pyridine rings is 1. The molecule has 0 radical (unpaired) electrons. The SMILES string of the molecule is CCn1cc(-c2cc(C(=O)O)c3c(Cl)cccc3n2)cn1. The van der Waals surface area contributed by atoms with Gasteiger partial charge in [0.15, 0.2) is 0 Å². The number of aromatic nitrogens is 3. The standard InChI is InChI=1S/C15H12ClN3O2/c1-2-19-8-9(7-17-19)13-6-10(15(20)21)14-11(16)4-3-5-12(14)18-13/h3-8H,2H2,1H3,(H,20,21). The number of nitrogens with zero attached hydrogens (tertiary/aromatic N) is 3. The summed E-state index contributed by atoms with van der Waals surface area (Å²) in [6.45, 7) is 2.72. The zero-order chi connectivity index (χ0) is 15.0. The number of rotatable bonds is 3. The Hall–Kier alpha value is -2.40. The van der Waals surface area contributed by atoms with E-state index >= 15 is 0 Å². The molecule has 5 nitrogen and oxygen atoms in total. The smallest absolute Gasteiger partial charge is 0.336 e. The molecule has 0 saturated carbocycles. The molecular weight excluding hydrogens is 290 g/mol. The molecule has 2 aromatic heterocycles. The maximum Gasteiger partial charge on any atom is 0.336 e. The lowest BCUT2D eigenvalue weighted by atomic mass is 10.1. The molecule has 0 fully saturated rings. The lowest BCUT2D eigenvalue weighted by molar-refractivity contribution is 0.0699. The zero-order valence-corrected chi connectivity index (χ0v) is 12.0. The highest BCUT2D eigenvalue weighted by Crippen LogP contribution is 2.29. The number of carboxylic acids is 1. The molecule has 0 aliphatic heterocycles. The van der Waals surface area contributed by atoms with E-state index in [4.69, 9.17) is 11.6 Å². The molecule has 0 aliphatic rings. The monoisotopic (exact) mass is 301 g/mol. The molecule has 3 aromatic rings. The summed E-state index contributed by atoms with van der Waals surface area (Å²) < 4.78 is 1.76. The van der Waals surface area contributed by atoms with E-state index in [0.29, 0.717) is 21.6 Å².